The van der Waals surface area contributed by atoms with E-state index in [9.17, 15) is 14.7 Å². The van der Waals surface area contributed by atoms with Crippen LogP contribution in [0.3, 0.4) is 0 Å². The number of hydrogen-bond donors (Lipinski definition) is 2. The van der Waals surface area contributed by atoms with Gasteiger partial charge in [0.15, 0.2) is 0 Å². The second-order valence-corrected chi connectivity index (χ2v) is 8.44. The number of benzene rings is 4. The molecule has 0 saturated heterocycles. The molecule has 0 atom stereocenters. The lowest BCUT2D eigenvalue weighted by molar-refractivity contribution is 0.0698. The molecule has 0 aromatic heterocycles. The lowest BCUT2D eigenvalue weighted by Gasteiger charge is -2.16. The minimum absolute atomic E-state index is 0.0101. The van der Waals surface area contributed by atoms with Crippen molar-refractivity contribution in [2.75, 3.05) is 11.9 Å². The number of aromatic carboxylic acids is 1. The highest BCUT2D eigenvalue weighted by molar-refractivity contribution is 9.10. The SMILES string of the molecule is O=C(Nc1c(C(=O)O)cc(Br)c2ccccc12)OCC1c2ccccc2-c2ccccc21. The Morgan fingerprint density at radius 1 is 0.875 bits per heavy atom. The van der Waals surface area contributed by atoms with Crippen LogP contribution in [0.2, 0.25) is 0 Å². The van der Waals surface area contributed by atoms with E-state index >= 15 is 0 Å². The lowest BCUT2D eigenvalue weighted by Crippen LogP contribution is -2.19. The van der Waals surface area contributed by atoms with E-state index in [-0.39, 0.29) is 23.8 Å². The maximum absolute atomic E-state index is 12.8. The van der Waals surface area contributed by atoms with Gasteiger partial charge in [-0.1, -0.05) is 88.7 Å². The Bertz CT molecular complexity index is 1340. The summed E-state index contributed by atoms with van der Waals surface area (Å²) in [5, 5.41) is 13.8. The van der Waals surface area contributed by atoms with Gasteiger partial charge in [-0.15, -0.1) is 0 Å². The van der Waals surface area contributed by atoms with E-state index in [2.05, 4.69) is 33.4 Å². The number of rotatable bonds is 4. The van der Waals surface area contributed by atoms with Crippen LogP contribution in [0.1, 0.15) is 27.4 Å². The standard InChI is InChI=1S/C26H18BrNO4/c27-23-13-21(25(29)30)24(20-12-6-5-11-19(20)23)28-26(31)32-14-22-17-9-3-1-7-15(17)16-8-2-4-10-18(16)22/h1-13,22H,14H2,(H,28,31)(H,29,30). The van der Waals surface area contributed by atoms with Crippen LogP contribution >= 0.6 is 15.9 Å². The van der Waals surface area contributed by atoms with Crippen molar-refractivity contribution in [2.24, 2.45) is 0 Å². The fraction of sp³-hybridized carbons (Fsp3) is 0.0769. The summed E-state index contributed by atoms with van der Waals surface area (Å²) in [7, 11) is 0. The summed E-state index contributed by atoms with van der Waals surface area (Å²) in [6.45, 7) is 0.150. The molecule has 0 heterocycles. The van der Waals surface area contributed by atoms with Crippen molar-refractivity contribution >= 4 is 44.5 Å². The number of ether oxygens (including phenoxy) is 1. The van der Waals surface area contributed by atoms with Gasteiger partial charge in [-0.2, -0.15) is 0 Å². The van der Waals surface area contributed by atoms with Crippen molar-refractivity contribution < 1.29 is 19.4 Å². The number of fused-ring (bicyclic) bond motifs is 4. The summed E-state index contributed by atoms with van der Waals surface area (Å²) in [6, 6.07) is 24.9. The van der Waals surface area contributed by atoms with Gasteiger partial charge in [0.25, 0.3) is 0 Å². The molecule has 0 spiro atoms. The zero-order valence-corrected chi connectivity index (χ0v) is 18.4. The molecule has 2 N–H and O–H groups in total. The number of carbonyl (C=O) groups excluding carboxylic acids is 1. The first-order valence-corrected chi connectivity index (χ1v) is 10.9. The molecule has 4 aromatic carbocycles. The van der Waals surface area contributed by atoms with E-state index in [1.165, 1.54) is 6.07 Å². The molecule has 1 aliphatic rings. The molecule has 5 rings (SSSR count). The number of hydrogen-bond acceptors (Lipinski definition) is 3. The number of carboxylic acid groups (broad SMARTS) is 1. The Hall–Kier alpha value is -3.64. The van der Waals surface area contributed by atoms with Gasteiger partial charge in [0.2, 0.25) is 0 Å². The molecule has 0 unspecified atom stereocenters. The zero-order chi connectivity index (χ0) is 22.2. The third-order valence-electron chi connectivity index (χ3n) is 5.80. The number of nitrogens with one attached hydrogen (secondary N) is 1. The molecule has 0 bridgehead atoms. The third kappa shape index (κ3) is 3.42. The summed E-state index contributed by atoms with van der Waals surface area (Å²) < 4.78 is 6.25. The smallest absolute Gasteiger partial charge is 0.411 e. The molecule has 0 radical (unpaired) electrons. The van der Waals surface area contributed by atoms with Crippen molar-refractivity contribution in [3.05, 3.63) is 100 Å². The van der Waals surface area contributed by atoms with Gasteiger partial charge in [0.1, 0.15) is 6.61 Å². The lowest BCUT2D eigenvalue weighted by atomic mass is 9.98. The van der Waals surface area contributed by atoms with Crippen molar-refractivity contribution in [3.63, 3.8) is 0 Å². The van der Waals surface area contributed by atoms with Gasteiger partial charge in [-0.05, 0) is 33.7 Å². The third-order valence-corrected chi connectivity index (χ3v) is 6.45. The summed E-state index contributed by atoms with van der Waals surface area (Å²) in [6.07, 6.45) is -0.693. The Labute approximate surface area is 192 Å². The average Bonchev–Trinajstić information content (AvgIpc) is 3.13. The predicted molar refractivity (Wildman–Crippen MR) is 127 cm³/mol. The molecule has 0 saturated carbocycles. The fourth-order valence-electron chi connectivity index (χ4n) is 4.37. The maximum atomic E-state index is 12.8. The number of carbonyl (C=O) groups is 2. The molecular formula is C26H18BrNO4. The van der Waals surface area contributed by atoms with E-state index in [0.717, 1.165) is 27.6 Å². The van der Waals surface area contributed by atoms with E-state index in [4.69, 9.17) is 4.74 Å². The highest BCUT2D eigenvalue weighted by Gasteiger charge is 2.29. The van der Waals surface area contributed by atoms with Crippen LogP contribution in [-0.4, -0.2) is 23.8 Å². The van der Waals surface area contributed by atoms with Gasteiger partial charge in [0, 0.05) is 15.8 Å². The minimum atomic E-state index is -1.13. The Morgan fingerprint density at radius 2 is 1.44 bits per heavy atom. The fourth-order valence-corrected chi connectivity index (χ4v) is 4.95. The molecule has 1 aliphatic carbocycles. The van der Waals surface area contributed by atoms with Crippen LogP contribution in [0.5, 0.6) is 0 Å². The number of anilines is 1. The summed E-state index contributed by atoms with van der Waals surface area (Å²) in [4.78, 5) is 24.6. The molecular weight excluding hydrogens is 470 g/mol. The highest BCUT2D eigenvalue weighted by atomic mass is 79.9. The first-order valence-electron chi connectivity index (χ1n) is 10.1. The van der Waals surface area contributed by atoms with E-state index < -0.39 is 12.1 Å². The molecule has 4 aromatic rings. The van der Waals surface area contributed by atoms with E-state index in [1.807, 2.05) is 48.5 Å². The normalized spacial score (nSPS) is 12.3. The Balaban J connectivity index is 1.42. The van der Waals surface area contributed by atoms with Crippen LogP contribution in [-0.2, 0) is 4.74 Å². The monoisotopic (exact) mass is 487 g/mol. The van der Waals surface area contributed by atoms with Gasteiger partial charge in [0.05, 0.1) is 11.3 Å². The second kappa shape index (κ2) is 8.13. The van der Waals surface area contributed by atoms with E-state index in [0.29, 0.717) is 9.86 Å². The number of amides is 1. The molecule has 5 nitrogen and oxygen atoms in total. The van der Waals surface area contributed by atoms with E-state index in [1.54, 1.807) is 12.1 Å². The van der Waals surface area contributed by atoms with Crippen LogP contribution in [0.4, 0.5) is 10.5 Å². The molecule has 158 valence electrons. The maximum Gasteiger partial charge on any atom is 0.411 e. The second-order valence-electron chi connectivity index (χ2n) is 7.58. The molecule has 32 heavy (non-hydrogen) atoms. The minimum Gasteiger partial charge on any atom is -0.478 e. The van der Waals surface area contributed by atoms with Crippen molar-refractivity contribution in [2.45, 2.75) is 5.92 Å². The Kier molecular flexibility index (Phi) is 5.15. The summed E-state index contributed by atoms with van der Waals surface area (Å²) >= 11 is 3.42. The van der Waals surface area contributed by atoms with Gasteiger partial charge in [-0.25, -0.2) is 9.59 Å². The van der Waals surface area contributed by atoms with Crippen LogP contribution in [0.15, 0.2) is 83.3 Å². The average molecular weight is 488 g/mol. The van der Waals surface area contributed by atoms with Crippen molar-refractivity contribution in [3.8, 4) is 11.1 Å². The van der Waals surface area contributed by atoms with Crippen molar-refractivity contribution in [1.29, 1.82) is 0 Å². The van der Waals surface area contributed by atoms with Crippen LogP contribution < -0.4 is 5.32 Å². The van der Waals surface area contributed by atoms with Crippen molar-refractivity contribution in [1.82, 2.24) is 0 Å². The zero-order valence-electron chi connectivity index (χ0n) is 16.8. The Morgan fingerprint density at radius 3 is 2.06 bits per heavy atom. The molecule has 0 aliphatic heterocycles. The summed E-state index contributed by atoms with van der Waals surface area (Å²) in [5.74, 6) is -1.21. The van der Waals surface area contributed by atoms with Gasteiger partial charge >= 0.3 is 12.1 Å². The first kappa shape index (κ1) is 20.3. The van der Waals surface area contributed by atoms with Gasteiger partial charge < -0.3 is 9.84 Å². The first-order chi connectivity index (χ1) is 15.5. The molecule has 1 amide bonds. The van der Waals surface area contributed by atoms with Gasteiger partial charge in [-0.3, -0.25) is 5.32 Å². The predicted octanol–water partition coefficient (Wildman–Crippen LogP) is 6.66. The number of halogens is 1. The van der Waals surface area contributed by atoms with Crippen LogP contribution in [0.25, 0.3) is 21.9 Å². The molecule has 0 fully saturated rings. The topological polar surface area (TPSA) is 75.6 Å². The largest absolute Gasteiger partial charge is 0.478 e. The summed E-state index contributed by atoms with van der Waals surface area (Å²) in [5.41, 5.74) is 4.72. The highest BCUT2D eigenvalue weighted by Crippen LogP contribution is 2.44. The van der Waals surface area contributed by atoms with Crippen LogP contribution in [0, 0.1) is 0 Å². The quantitative estimate of drug-likeness (QED) is 0.337. The number of carboxylic acids is 1. The molecule has 6 heteroatoms.